The van der Waals surface area contributed by atoms with Crippen molar-refractivity contribution in [1.82, 2.24) is 0 Å². The Hall–Kier alpha value is -0.940. The highest BCUT2D eigenvalue weighted by molar-refractivity contribution is 8.01. The van der Waals surface area contributed by atoms with Gasteiger partial charge in [-0.15, -0.1) is 11.8 Å². The van der Waals surface area contributed by atoms with Crippen LogP contribution in [0, 0.1) is 11.3 Å². The minimum atomic E-state index is -0.109. The van der Waals surface area contributed by atoms with Crippen LogP contribution in [-0.4, -0.2) is 4.75 Å². The van der Waals surface area contributed by atoms with E-state index in [-0.39, 0.29) is 10.2 Å². The quantitative estimate of drug-likeness (QED) is 0.778. The number of benzene rings is 1. The van der Waals surface area contributed by atoms with Crippen molar-refractivity contribution in [2.45, 2.75) is 55.1 Å². The topological polar surface area (TPSA) is 23.8 Å². The average Bonchev–Trinajstić information content (AvgIpc) is 3.10. The van der Waals surface area contributed by atoms with Gasteiger partial charge in [-0.1, -0.05) is 32.9 Å². The summed E-state index contributed by atoms with van der Waals surface area (Å²) in [5.41, 5.74) is 1.63. The van der Waals surface area contributed by atoms with Gasteiger partial charge in [0, 0.05) is 4.90 Å². The van der Waals surface area contributed by atoms with Gasteiger partial charge in [-0.3, -0.25) is 0 Å². The molecule has 1 aliphatic rings. The molecule has 0 heterocycles. The third kappa shape index (κ3) is 2.66. The highest BCUT2D eigenvalue weighted by Crippen LogP contribution is 2.51. The van der Waals surface area contributed by atoms with Crippen LogP contribution in [0.4, 0.5) is 0 Å². The number of hydrogen-bond donors (Lipinski definition) is 0. The van der Waals surface area contributed by atoms with Crippen molar-refractivity contribution in [2.75, 3.05) is 0 Å². The molecule has 2 heteroatoms. The normalized spacial score (nSPS) is 17.5. The summed E-state index contributed by atoms with van der Waals surface area (Å²) < 4.78 is -0.109. The van der Waals surface area contributed by atoms with Gasteiger partial charge in [-0.25, -0.2) is 0 Å². The summed E-state index contributed by atoms with van der Waals surface area (Å²) in [6.45, 7) is 6.76. The summed E-state index contributed by atoms with van der Waals surface area (Å²) in [5, 5.41) is 9.07. The number of rotatable bonds is 4. The molecule has 0 saturated heterocycles. The molecular weight excluding hydrogens is 226 g/mol. The van der Waals surface area contributed by atoms with E-state index in [0.717, 1.165) is 19.3 Å². The highest BCUT2D eigenvalue weighted by atomic mass is 32.2. The maximum Gasteiger partial charge on any atom is 0.107 e. The van der Waals surface area contributed by atoms with Crippen molar-refractivity contribution in [2.24, 2.45) is 0 Å². The van der Waals surface area contributed by atoms with Crippen LogP contribution in [0.2, 0.25) is 0 Å². The number of thioether (sulfide) groups is 1. The molecule has 1 saturated carbocycles. The molecule has 0 spiro atoms. The van der Waals surface area contributed by atoms with Gasteiger partial charge >= 0.3 is 0 Å². The van der Waals surface area contributed by atoms with Crippen LogP contribution >= 0.6 is 11.8 Å². The van der Waals surface area contributed by atoms with Crippen LogP contribution in [-0.2, 0) is 5.41 Å². The van der Waals surface area contributed by atoms with Gasteiger partial charge in [0.15, 0.2) is 0 Å². The molecule has 1 aromatic carbocycles. The van der Waals surface area contributed by atoms with Crippen LogP contribution in [0.3, 0.4) is 0 Å². The minimum Gasteiger partial charge on any atom is -0.197 e. The summed E-state index contributed by atoms with van der Waals surface area (Å²) in [5.74, 6) is 0. The molecule has 0 atom stereocenters. The molecule has 0 radical (unpaired) electrons. The van der Waals surface area contributed by atoms with E-state index in [1.54, 1.807) is 11.8 Å². The summed E-state index contributed by atoms with van der Waals surface area (Å²) in [4.78, 5) is 1.22. The Labute approximate surface area is 108 Å². The van der Waals surface area contributed by atoms with Crippen LogP contribution in [0.1, 0.15) is 45.6 Å². The molecule has 1 fully saturated rings. The molecule has 90 valence electrons. The maximum absolute atomic E-state index is 9.07. The standard InChI is InChI=1S/C15H19NS/c1-4-14(2,3)12-5-7-13(8-6-12)17-15(11-16)9-10-15/h5-8H,4,9-10H2,1-3H3. The van der Waals surface area contributed by atoms with E-state index in [4.69, 9.17) is 5.26 Å². The van der Waals surface area contributed by atoms with E-state index in [1.807, 2.05) is 0 Å². The van der Waals surface area contributed by atoms with Gasteiger partial charge in [0.05, 0.1) is 6.07 Å². The fraction of sp³-hybridized carbons (Fsp3) is 0.533. The molecule has 0 bridgehead atoms. The second kappa shape index (κ2) is 4.38. The van der Waals surface area contributed by atoms with Crippen molar-refractivity contribution in [3.8, 4) is 6.07 Å². The van der Waals surface area contributed by atoms with E-state index >= 15 is 0 Å². The van der Waals surface area contributed by atoms with Gasteiger partial charge in [-0.2, -0.15) is 5.26 Å². The number of nitrogens with zero attached hydrogens (tertiary/aromatic N) is 1. The Morgan fingerprint density at radius 1 is 1.29 bits per heavy atom. The van der Waals surface area contributed by atoms with Gasteiger partial charge in [0.25, 0.3) is 0 Å². The van der Waals surface area contributed by atoms with E-state index < -0.39 is 0 Å². The van der Waals surface area contributed by atoms with Crippen molar-refractivity contribution in [3.05, 3.63) is 29.8 Å². The molecule has 17 heavy (non-hydrogen) atoms. The van der Waals surface area contributed by atoms with Crippen molar-refractivity contribution < 1.29 is 0 Å². The SMILES string of the molecule is CCC(C)(C)c1ccc(SC2(C#N)CC2)cc1. The second-order valence-electron chi connectivity index (χ2n) is 5.47. The molecule has 1 aromatic rings. The molecular formula is C15H19NS. The van der Waals surface area contributed by atoms with E-state index in [0.29, 0.717) is 0 Å². The van der Waals surface area contributed by atoms with Crippen molar-refractivity contribution >= 4 is 11.8 Å². The molecule has 0 amide bonds. The molecule has 2 rings (SSSR count). The molecule has 0 aromatic heterocycles. The Balaban J connectivity index is 2.12. The Morgan fingerprint density at radius 3 is 2.29 bits per heavy atom. The summed E-state index contributed by atoms with van der Waals surface area (Å²) in [6, 6.07) is 11.2. The lowest BCUT2D eigenvalue weighted by Crippen LogP contribution is -2.15. The zero-order valence-electron chi connectivity index (χ0n) is 10.8. The smallest absolute Gasteiger partial charge is 0.107 e. The molecule has 1 aliphatic carbocycles. The van der Waals surface area contributed by atoms with E-state index in [9.17, 15) is 0 Å². The van der Waals surface area contributed by atoms with Crippen molar-refractivity contribution in [1.29, 1.82) is 5.26 Å². The monoisotopic (exact) mass is 245 g/mol. The summed E-state index contributed by atoms with van der Waals surface area (Å²) in [7, 11) is 0. The van der Waals surface area contributed by atoms with E-state index in [1.165, 1.54) is 10.5 Å². The zero-order chi connectivity index (χ0) is 12.5. The fourth-order valence-corrected chi connectivity index (χ4v) is 2.83. The van der Waals surface area contributed by atoms with Crippen LogP contribution in [0.5, 0.6) is 0 Å². The van der Waals surface area contributed by atoms with Crippen LogP contribution in [0.15, 0.2) is 29.2 Å². The fourth-order valence-electron chi connectivity index (χ4n) is 1.75. The second-order valence-corrected chi connectivity index (χ2v) is 6.93. The summed E-state index contributed by atoms with van der Waals surface area (Å²) in [6.07, 6.45) is 3.22. The van der Waals surface area contributed by atoms with E-state index in [2.05, 4.69) is 51.1 Å². The zero-order valence-corrected chi connectivity index (χ0v) is 11.6. The lowest BCUT2D eigenvalue weighted by Gasteiger charge is -2.23. The first kappa shape index (κ1) is 12.5. The Kier molecular flexibility index (Phi) is 3.23. The number of nitriles is 1. The minimum absolute atomic E-state index is 0.109. The third-order valence-electron chi connectivity index (χ3n) is 3.74. The molecule has 0 aliphatic heterocycles. The van der Waals surface area contributed by atoms with Gasteiger partial charge in [-0.05, 0) is 42.4 Å². The molecule has 0 N–H and O–H groups in total. The Bertz CT molecular complexity index is 435. The number of hydrogen-bond acceptors (Lipinski definition) is 2. The van der Waals surface area contributed by atoms with Crippen molar-refractivity contribution in [3.63, 3.8) is 0 Å². The van der Waals surface area contributed by atoms with Crippen LogP contribution < -0.4 is 0 Å². The third-order valence-corrected chi connectivity index (χ3v) is 5.14. The largest absolute Gasteiger partial charge is 0.197 e. The lowest BCUT2D eigenvalue weighted by molar-refractivity contribution is 0.506. The van der Waals surface area contributed by atoms with Crippen LogP contribution in [0.25, 0.3) is 0 Å². The maximum atomic E-state index is 9.07. The molecule has 0 unspecified atom stereocenters. The first-order valence-corrected chi connectivity index (χ1v) is 7.04. The predicted octanol–water partition coefficient (Wildman–Crippen LogP) is 4.52. The van der Waals surface area contributed by atoms with Gasteiger partial charge < -0.3 is 0 Å². The Morgan fingerprint density at radius 2 is 1.88 bits per heavy atom. The summed E-state index contributed by atoms with van der Waals surface area (Å²) >= 11 is 1.72. The lowest BCUT2D eigenvalue weighted by atomic mass is 9.82. The first-order chi connectivity index (χ1) is 8.01. The van der Waals surface area contributed by atoms with Gasteiger partial charge in [0.1, 0.15) is 4.75 Å². The average molecular weight is 245 g/mol. The highest BCUT2D eigenvalue weighted by Gasteiger charge is 2.44. The predicted molar refractivity (Wildman–Crippen MR) is 73.2 cm³/mol. The van der Waals surface area contributed by atoms with Gasteiger partial charge in [0.2, 0.25) is 0 Å². The first-order valence-electron chi connectivity index (χ1n) is 6.22. The molecule has 1 nitrogen and oxygen atoms in total.